The van der Waals surface area contributed by atoms with E-state index >= 15 is 0 Å². The lowest BCUT2D eigenvalue weighted by Crippen LogP contribution is -1.56. The SMILES string of the molecule is Cc1ccoc1.Cc1nccs1. The van der Waals surface area contributed by atoms with Gasteiger partial charge in [-0.1, -0.05) is 0 Å². The highest BCUT2D eigenvalue weighted by Crippen LogP contribution is 1.98. The lowest BCUT2D eigenvalue weighted by Gasteiger charge is -1.65. The summed E-state index contributed by atoms with van der Waals surface area (Å²) in [7, 11) is 0. The summed E-state index contributed by atoms with van der Waals surface area (Å²) in [5.74, 6) is 0. The topological polar surface area (TPSA) is 26.0 Å². The third-order valence-electron chi connectivity index (χ3n) is 1.22. The highest BCUT2D eigenvalue weighted by atomic mass is 32.1. The Bertz CT molecular complexity index is 254. The van der Waals surface area contributed by atoms with Crippen LogP contribution in [0.4, 0.5) is 0 Å². The molecule has 64 valence electrons. The Balaban J connectivity index is 0.000000120. The summed E-state index contributed by atoms with van der Waals surface area (Å²) < 4.78 is 4.71. The summed E-state index contributed by atoms with van der Waals surface area (Å²) in [6.45, 7) is 3.98. The summed E-state index contributed by atoms with van der Waals surface area (Å²) in [5, 5.41) is 3.10. The van der Waals surface area contributed by atoms with Crippen LogP contribution in [0.1, 0.15) is 10.6 Å². The Morgan fingerprint density at radius 2 is 2.25 bits per heavy atom. The molecule has 0 aliphatic carbocycles. The third-order valence-corrected chi connectivity index (χ3v) is 1.92. The van der Waals surface area contributed by atoms with E-state index in [0.29, 0.717) is 0 Å². The number of thiazole rings is 1. The molecule has 2 nitrogen and oxygen atoms in total. The van der Waals surface area contributed by atoms with Gasteiger partial charge in [-0.25, -0.2) is 0 Å². The van der Waals surface area contributed by atoms with E-state index in [-0.39, 0.29) is 0 Å². The first-order valence-electron chi connectivity index (χ1n) is 3.64. The van der Waals surface area contributed by atoms with Crippen LogP contribution in [0.3, 0.4) is 0 Å². The maximum Gasteiger partial charge on any atom is 0.0931 e. The van der Waals surface area contributed by atoms with E-state index in [1.54, 1.807) is 30.1 Å². The van der Waals surface area contributed by atoms with Crippen molar-refractivity contribution < 1.29 is 4.42 Å². The van der Waals surface area contributed by atoms with Crippen molar-refractivity contribution in [3.05, 3.63) is 40.7 Å². The first kappa shape index (κ1) is 9.00. The molecule has 0 saturated heterocycles. The predicted octanol–water partition coefficient (Wildman–Crippen LogP) is 3.04. The molecule has 0 fully saturated rings. The Hall–Kier alpha value is -1.09. The third kappa shape index (κ3) is 3.34. The van der Waals surface area contributed by atoms with Gasteiger partial charge in [0.25, 0.3) is 0 Å². The van der Waals surface area contributed by atoms with Crippen LogP contribution in [0.2, 0.25) is 0 Å². The van der Waals surface area contributed by atoms with E-state index in [2.05, 4.69) is 4.98 Å². The fourth-order valence-electron chi connectivity index (χ4n) is 0.627. The summed E-state index contributed by atoms with van der Waals surface area (Å²) in [6.07, 6.45) is 5.18. The van der Waals surface area contributed by atoms with Crippen molar-refractivity contribution in [3.63, 3.8) is 0 Å². The molecule has 3 heteroatoms. The maximum atomic E-state index is 4.71. The molecule has 2 aromatic heterocycles. The van der Waals surface area contributed by atoms with Crippen molar-refractivity contribution in [2.45, 2.75) is 13.8 Å². The summed E-state index contributed by atoms with van der Waals surface area (Å²) in [4.78, 5) is 3.94. The number of furan rings is 1. The molecule has 0 atom stereocenters. The zero-order chi connectivity index (χ0) is 8.81. The Kier molecular flexibility index (Phi) is 3.54. The standard InChI is InChI=1S/C5H6O.C4H5NS/c1-5-2-3-6-4-5;1-4-5-2-3-6-4/h2-4H,1H3;2-3H,1H3. The Morgan fingerprint density at radius 1 is 1.42 bits per heavy atom. The van der Waals surface area contributed by atoms with Gasteiger partial charge in [0.1, 0.15) is 0 Å². The molecule has 0 aliphatic heterocycles. The lowest BCUT2D eigenvalue weighted by atomic mass is 10.4. The minimum absolute atomic E-state index is 1.13. The van der Waals surface area contributed by atoms with E-state index in [9.17, 15) is 0 Å². The molecule has 0 unspecified atom stereocenters. The molecule has 0 spiro atoms. The van der Waals surface area contributed by atoms with Gasteiger partial charge < -0.3 is 4.42 Å². The first-order chi connectivity index (χ1) is 5.79. The van der Waals surface area contributed by atoms with Gasteiger partial charge in [-0.15, -0.1) is 11.3 Å². The van der Waals surface area contributed by atoms with Gasteiger partial charge in [0.05, 0.1) is 17.5 Å². The van der Waals surface area contributed by atoms with Crippen LogP contribution in [-0.2, 0) is 0 Å². The van der Waals surface area contributed by atoms with Crippen molar-refractivity contribution in [1.29, 1.82) is 0 Å². The number of hydrogen-bond donors (Lipinski definition) is 0. The number of nitrogens with zero attached hydrogens (tertiary/aromatic N) is 1. The number of aromatic nitrogens is 1. The van der Waals surface area contributed by atoms with Gasteiger partial charge >= 0.3 is 0 Å². The number of hydrogen-bond acceptors (Lipinski definition) is 3. The van der Waals surface area contributed by atoms with Gasteiger partial charge in [0, 0.05) is 11.6 Å². The smallest absolute Gasteiger partial charge is 0.0931 e. The lowest BCUT2D eigenvalue weighted by molar-refractivity contribution is 0.565. The molecule has 0 bridgehead atoms. The Labute approximate surface area is 75.9 Å². The van der Waals surface area contributed by atoms with Crippen LogP contribution in [-0.4, -0.2) is 4.98 Å². The van der Waals surface area contributed by atoms with Crippen LogP contribution < -0.4 is 0 Å². The second kappa shape index (κ2) is 4.72. The van der Waals surface area contributed by atoms with E-state index < -0.39 is 0 Å². The molecule has 0 aromatic carbocycles. The highest BCUT2D eigenvalue weighted by Gasteiger charge is 1.76. The molecule has 0 radical (unpaired) electrons. The average Bonchev–Trinajstić information content (AvgIpc) is 2.63. The molecule has 0 amide bonds. The van der Waals surface area contributed by atoms with Gasteiger partial charge in [-0.2, -0.15) is 0 Å². The van der Waals surface area contributed by atoms with E-state index in [1.807, 2.05) is 25.3 Å². The first-order valence-corrected chi connectivity index (χ1v) is 4.52. The second-order valence-electron chi connectivity index (χ2n) is 2.35. The summed E-state index contributed by atoms with van der Waals surface area (Å²) in [5.41, 5.74) is 1.18. The minimum atomic E-state index is 1.13. The van der Waals surface area contributed by atoms with Gasteiger partial charge in [-0.3, -0.25) is 4.98 Å². The van der Waals surface area contributed by atoms with E-state index in [1.165, 1.54) is 5.56 Å². The maximum absolute atomic E-state index is 4.71. The number of rotatable bonds is 0. The highest BCUT2D eigenvalue weighted by molar-refractivity contribution is 7.09. The van der Waals surface area contributed by atoms with E-state index in [4.69, 9.17) is 4.42 Å². The van der Waals surface area contributed by atoms with Crippen molar-refractivity contribution >= 4 is 11.3 Å². The van der Waals surface area contributed by atoms with Gasteiger partial charge in [-0.05, 0) is 25.5 Å². The largest absolute Gasteiger partial charge is 0.472 e. The molecule has 2 rings (SSSR count). The molecule has 2 aromatic rings. The molecule has 0 aliphatic rings. The van der Waals surface area contributed by atoms with Crippen LogP contribution in [0.15, 0.2) is 34.6 Å². The predicted molar refractivity (Wildman–Crippen MR) is 50.3 cm³/mol. The van der Waals surface area contributed by atoms with Crippen molar-refractivity contribution in [2.24, 2.45) is 0 Å². The van der Waals surface area contributed by atoms with Crippen LogP contribution in [0.5, 0.6) is 0 Å². The average molecular weight is 181 g/mol. The summed E-state index contributed by atoms with van der Waals surface area (Å²) >= 11 is 1.67. The van der Waals surface area contributed by atoms with Crippen LogP contribution >= 0.6 is 11.3 Å². The van der Waals surface area contributed by atoms with Gasteiger partial charge in [0.2, 0.25) is 0 Å². The Morgan fingerprint density at radius 3 is 2.42 bits per heavy atom. The van der Waals surface area contributed by atoms with Crippen LogP contribution in [0, 0.1) is 13.8 Å². The second-order valence-corrected chi connectivity index (χ2v) is 3.45. The van der Waals surface area contributed by atoms with Crippen LogP contribution in [0.25, 0.3) is 0 Å². The quantitative estimate of drug-likeness (QED) is 0.624. The number of aryl methyl sites for hydroxylation is 2. The molecule has 2 heterocycles. The normalized spacial score (nSPS) is 8.83. The summed E-state index contributed by atoms with van der Waals surface area (Å²) in [6, 6.07) is 1.92. The molecule has 12 heavy (non-hydrogen) atoms. The molecular formula is C9H11NOS. The molecular weight excluding hydrogens is 170 g/mol. The fourth-order valence-corrected chi connectivity index (χ4v) is 1.07. The zero-order valence-electron chi connectivity index (χ0n) is 7.15. The zero-order valence-corrected chi connectivity index (χ0v) is 7.97. The minimum Gasteiger partial charge on any atom is -0.472 e. The van der Waals surface area contributed by atoms with Crippen molar-refractivity contribution in [2.75, 3.05) is 0 Å². The molecule has 0 N–H and O–H groups in total. The fraction of sp³-hybridized carbons (Fsp3) is 0.222. The molecule has 0 saturated carbocycles. The monoisotopic (exact) mass is 181 g/mol. The van der Waals surface area contributed by atoms with Crippen molar-refractivity contribution in [1.82, 2.24) is 4.98 Å². The van der Waals surface area contributed by atoms with E-state index in [0.717, 1.165) is 5.01 Å². The van der Waals surface area contributed by atoms with Crippen molar-refractivity contribution in [3.8, 4) is 0 Å². The van der Waals surface area contributed by atoms with Gasteiger partial charge in [0.15, 0.2) is 0 Å².